The van der Waals surface area contributed by atoms with Crippen molar-refractivity contribution < 1.29 is 8.91 Å². The molecule has 3 nitrogen and oxygen atoms in total. The van der Waals surface area contributed by atoms with Gasteiger partial charge < -0.3 is 4.52 Å². The van der Waals surface area contributed by atoms with Crippen LogP contribution >= 0.6 is 11.3 Å². The standard InChI is InChI=1S/C14H9FN2OS/c15-11-5-2-1-4-10(11)7-8-13-16-14(17-18-13)12-6-3-9-19-12/h1-9H/b8-7+. The quantitative estimate of drug-likeness (QED) is 0.720. The third-order valence-corrected chi connectivity index (χ3v) is 3.36. The number of aromatic nitrogens is 2. The largest absolute Gasteiger partial charge is 0.334 e. The molecular weight excluding hydrogens is 263 g/mol. The van der Waals surface area contributed by atoms with E-state index < -0.39 is 0 Å². The predicted molar refractivity (Wildman–Crippen MR) is 72.9 cm³/mol. The summed E-state index contributed by atoms with van der Waals surface area (Å²) in [7, 11) is 0. The first-order chi connectivity index (χ1) is 9.33. The van der Waals surface area contributed by atoms with Crippen molar-refractivity contribution in [1.29, 1.82) is 0 Å². The van der Waals surface area contributed by atoms with Crippen LogP contribution in [0.15, 0.2) is 46.3 Å². The van der Waals surface area contributed by atoms with Gasteiger partial charge in [0.05, 0.1) is 4.88 Å². The Kier molecular flexibility index (Phi) is 3.20. The van der Waals surface area contributed by atoms with Crippen LogP contribution in [-0.2, 0) is 0 Å². The summed E-state index contributed by atoms with van der Waals surface area (Å²) in [4.78, 5) is 5.16. The first-order valence-electron chi connectivity index (χ1n) is 5.63. The Bertz CT molecular complexity index is 704. The van der Waals surface area contributed by atoms with E-state index in [2.05, 4.69) is 10.1 Å². The first-order valence-corrected chi connectivity index (χ1v) is 6.51. The highest BCUT2D eigenvalue weighted by Gasteiger charge is 2.07. The molecule has 0 amide bonds. The molecule has 0 radical (unpaired) electrons. The van der Waals surface area contributed by atoms with Gasteiger partial charge in [0, 0.05) is 11.6 Å². The van der Waals surface area contributed by atoms with Gasteiger partial charge in [-0.1, -0.05) is 29.4 Å². The van der Waals surface area contributed by atoms with Crippen LogP contribution in [0.5, 0.6) is 0 Å². The SMILES string of the molecule is Fc1ccccc1/C=C/c1nc(-c2cccs2)no1. The number of nitrogens with zero attached hydrogens (tertiary/aromatic N) is 2. The molecule has 0 fully saturated rings. The van der Waals surface area contributed by atoms with Crippen LogP contribution < -0.4 is 0 Å². The Balaban J connectivity index is 1.83. The molecule has 5 heteroatoms. The van der Waals surface area contributed by atoms with E-state index in [1.54, 1.807) is 30.4 Å². The Labute approximate surface area is 113 Å². The predicted octanol–water partition coefficient (Wildman–Crippen LogP) is 4.11. The molecule has 0 aliphatic rings. The number of halogens is 1. The number of thiophene rings is 1. The lowest BCUT2D eigenvalue weighted by Gasteiger charge is -1.93. The molecule has 3 aromatic rings. The summed E-state index contributed by atoms with van der Waals surface area (Å²) < 4.78 is 18.5. The molecule has 0 bridgehead atoms. The zero-order valence-corrected chi connectivity index (χ0v) is 10.6. The van der Waals surface area contributed by atoms with Crippen LogP contribution in [0.4, 0.5) is 4.39 Å². The Morgan fingerprint density at radius 2 is 2.00 bits per heavy atom. The molecule has 94 valence electrons. The maximum atomic E-state index is 13.4. The van der Waals surface area contributed by atoms with Gasteiger partial charge in [-0.25, -0.2) is 4.39 Å². The molecule has 2 heterocycles. The molecule has 0 saturated carbocycles. The third kappa shape index (κ3) is 2.61. The fraction of sp³-hybridized carbons (Fsp3) is 0. The van der Waals surface area contributed by atoms with E-state index >= 15 is 0 Å². The van der Waals surface area contributed by atoms with Gasteiger partial charge in [0.25, 0.3) is 5.89 Å². The van der Waals surface area contributed by atoms with Gasteiger partial charge in [0.2, 0.25) is 5.82 Å². The minimum absolute atomic E-state index is 0.281. The van der Waals surface area contributed by atoms with Gasteiger partial charge in [-0.2, -0.15) is 4.98 Å². The smallest absolute Gasteiger partial charge is 0.250 e. The lowest BCUT2D eigenvalue weighted by atomic mass is 10.2. The van der Waals surface area contributed by atoms with Crippen LogP contribution in [0.25, 0.3) is 22.9 Å². The lowest BCUT2D eigenvalue weighted by molar-refractivity contribution is 0.411. The van der Waals surface area contributed by atoms with Crippen molar-refractivity contribution in [3.63, 3.8) is 0 Å². The molecule has 0 atom stereocenters. The van der Waals surface area contributed by atoms with Gasteiger partial charge in [-0.3, -0.25) is 0 Å². The second-order valence-corrected chi connectivity index (χ2v) is 4.74. The van der Waals surface area contributed by atoms with Crippen molar-refractivity contribution in [1.82, 2.24) is 10.1 Å². The van der Waals surface area contributed by atoms with Gasteiger partial charge in [0.1, 0.15) is 5.82 Å². The Hall–Kier alpha value is -2.27. The van der Waals surface area contributed by atoms with Crippen LogP contribution in [0, 0.1) is 5.82 Å². The van der Waals surface area contributed by atoms with E-state index in [1.807, 2.05) is 17.5 Å². The lowest BCUT2D eigenvalue weighted by Crippen LogP contribution is -1.79. The first kappa shape index (κ1) is 11.8. The molecular formula is C14H9FN2OS. The fourth-order valence-electron chi connectivity index (χ4n) is 1.58. The number of rotatable bonds is 3. The van der Waals surface area contributed by atoms with Gasteiger partial charge >= 0.3 is 0 Å². The zero-order valence-electron chi connectivity index (χ0n) is 9.79. The molecule has 19 heavy (non-hydrogen) atoms. The van der Waals surface area contributed by atoms with E-state index in [0.717, 1.165) is 4.88 Å². The average Bonchev–Trinajstić information content (AvgIpc) is 3.09. The molecule has 0 N–H and O–H groups in total. The average molecular weight is 272 g/mol. The molecule has 0 spiro atoms. The summed E-state index contributed by atoms with van der Waals surface area (Å²) >= 11 is 1.54. The maximum Gasteiger partial charge on any atom is 0.250 e. The summed E-state index contributed by atoms with van der Waals surface area (Å²) in [6.07, 6.45) is 3.21. The van der Waals surface area contributed by atoms with Crippen molar-refractivity contribution in [2.75, 3.05) is 0 Å². The second kappa shape index (κ2) is 5.16. The molecule has 3 rings (SSSR count). The summed E-state index contributed by atoms with van der Waals surface area (Å²) in [6.45, 7) is 0. The molecule has 2 aromatic heterocycles. The summed E-state index contributed by atoms with van der Waals surface area (Å²) in [6, 6.07) is 10.3. The molecule has 0 aliphatic carbocycles. The summed E-state index contributed by atoms with van der Waals surface area (Å²) in [5.74, 6) is 0.617. The molecule has 0 aliphatic heterocycles. The normalized spacial score (nSPS) is 11.2. The summed E-state index contributed by atoms with van der Waals surface area (Å²) in [5.41, 5.74) is 0.485. The second-order valence-electron chi connectivity index (χ2n) is 3.79. The van der Waals surface area contributed by atoms with Crippen LogP contribution in [0.1, 0.15) is 11.5 Å². The van der Waals surface area contributed by atoms with Gasteiger partial charge in [0.15, 0.2) is 0 Å². The number of benzene rings is 1. The highest BCUT2D eigenvalue weighted by Crippen LogP contribution is 2.21. The Morgan fingerprint density at radius 1 is 1.11 bits per heavy atom. The fourth-order valence-corrected chi connectivity index (χ4v) is 2.23. The molecule has 0 saturated heterocycles. The van der Waals surface area contributed by atoms with E-state index in [9.17, 15) is 4.39 Å². The Morgan fingerprint density at radius 3 is 2.79 bits per heavy atom. The van der Waals surface area contributed by atoms with Crippen molar-refractivity contribution in [3.8, 4) is 10.7 Å². The minimum atomic E-state index is -0.281. The van der Waals surface area contributed by atoms with E-state index in [-0.39, 0.29) is 5.82 Å². The van der Waals surface area contributed by atoms with E-state index in [1.165, 1.54) is 17.4 Å². The van der Waals surface area contributed by atoms with E-state index in [4.69, 9.17) is 4.52 Å². The van der Waals surface area contributed by atoms with Crippen LogP contribution in [-0.4, -0.2) is 10.1 Å². The van der Waals surface area contributed by atoms with Gasteiger partial charge in [-0.05, 0) is 23.6 Å². The molecule has 1 aromatic carbocycles. The minimum Gasteiger partial charge on any atom is -0.334 e. The maximum absolute atomic E-state index is 13.4. The monoisotopic (exact) mass is 272 g/mol. The van der Waals surface area contributed by atoms with Crippen molar-refractivity contribution in [2.24, 2.45) is 0 Å². The van der Waals surface area contributed by atoms with Crippen molar-refractivity contribution >= 4 is 23.5 Å². The highest BCUT2D eigenvalue weighted by molar-refractivity contribution is 7.13. The van der Waals surface area contributed by atoms with E-state index in [0.29, 0.717) is 17.3 Å². The summed E-state index contributed by atoms with van der Waals surface area (Å²) in [5, 5.41) is 5.82. The third-order valence-electron chi connectivity index (χ3n) is 2.49. The highest BCUT2D eigenvalue weighted by atomic mass is 32.1. The molecule has 0 unspecified atom stereocenters. The van der Waals surface area contributed by atoms with Gasteiger partial charge in [-0.15, -0.1) is 11.3 Å². The van der Waals surface area contributed by atoms with Crippen LogP contribution in [0.2, 0.25) is 0 Å². The number of hydrogen-bond acceptors (Lipinski definition) is 4. The topological polar surface area (TPSA) is 38.9 Å². The van der Waals surface area contributed by atoms with Crippen LogP contribution in [0.3, 0.4) is 0 Å². The zero-order chi connectivity index (χ0) is 13.1. The van der Waals surface area contributed by atoms with Crippen molar-refractivity contribution in [2.45, 2.75) is 0 Å². The van der Waals surface area contributed by atoms with Crippen molar-refractivity contribution in [3.05, 3.63) is 59.0 Å². The number of hydrogen-bond donors (Lipinski definition) is 0.